The summed E-state index contributed by atoms with van der Waals surface area (Å²) in [6.07, 6.45) is 2.95. The van der Waals surface area contributed by atoms with Gasteiger partial charge in [-0.2, -0.15) is 0 Å². The van der Waals surface area contributed by atoms with E-state index >= 15 is 0 Å². The minimum atomic E-state index is -0.932. The van der Waals surface area contributed by atoms with Gasteiger partial charge in [-0.3, -0.25) is 4.90 Å². The van der Waals surface area contributed by atoms with Crippen LogP contribution in [0.15, 0.2) is 60.7 Å². The molecule has 1 N–H and O–H groups in total. The quantitative estimate of drug-likeness (QED) is 0.928. The van der Waals surface area contributed by atoms with E-state index in [4.69, 9.17) is 4.74 Å². The first-order chi connectivity index (χ1) is 12.2. The monoisotopic (exact) mass is 337 g/mol. The molecule has 0 aliphatic carbocycles. The normalized spacial score (nSPS) is 27.2. The lowest BCUT2D eigenvalue weighted by molar-refractivity contribution is -0.0846. The van der Waals surface area contributed by atoms with Gasteiger partial charge < -0.3 is 9.84 Å². The van der Waals surface area contributed by atoms with E-state index in [1.54, 1.807) is 0 Å². The minimum Gasteiger partial charge on any atom is -0.380 e. The van der Waals surface area contributed by atoms with Gasteiger partial charge in [0.05, 0.1) is 13.2 Å². The first-order valence-corrected chi connectivity index (χ1v) is 9.30. The van der Waals surface area contributed by atoms with Crippen LogP contribution in [0.2, 0.25) is 0 Å². The van der Waals surface area contributed by atoms with E-state index in [1.165, 1.54) is 0 Å². The molecule has 0 amide bonds. The van der Waals surface area contributed by atoms with Crippen LogP contribution in [0.1, 0.15) is 30.4 Å². The summed E-state index contributed by atoms with van der Waals surface area (Å²) in [6, 6.07) is 21.2. The Morgan fingerprint density at radius 2 is 1.40 bits per heavy atom. The molecule has 3 atom stereocenters. The van der Waals surface area contributed by atoms with Gasteiger partial charge in [0.15, 0.2) is 0 Å². The number of benzene rings is 2. The molecule has 3 nitrogen and oxygen atoms in total. The Kier molecular flexibility index (Phi) is 4.63. The smallest absolute Gasteiger partial charge is 0.115 e. The van der Waals surface area contributed by atoms with Gasteiger partial charge in [-0.1, -0.05) is 60.7 Å². The molecule has 0 spiro atoms. The minimum absolute atomic E-state index is 0.480. The van der Waals surface area contributed by atoms with E-state index in [2.05, 4.69) is 11.9 Å². The van der Waals surface area contributed by atoms with Crippen LogP contribution in [0.4, 0.5) is 0 Å². The van der Waals surface area contributed by atoms with E-state index in [9.17, 15) is 5.11 Å². The predicted molar refractivity (Wildman–Crippen MR) is 99.4 cm³/mol. The predicted octanol–water partition coefficient (Wildman–Crippen LogP) is 3.42. The summed E-state index contributed by atoms with van der Waals surface area (Å²) in [5.41, 5.74) is 1.04. The zero-order valence-corrected chi connectivity index (χ0v) is 14.8. The molecule has 2 bridgehead atoms. The fourth-order valence-corrected chi connectivity index (χ4v) is 4.62. The molecule has 2 heterocycles. The van der Waals surface area contributed by atoms with E-state index in [1.807, 2.05) is 60.7 Å². The maximum absolute atomic E-state index is 11.8. The SMILES string of the molecule is CN1[C@@H]2COC[C@H]1CC(CC(O)(c1ccccc1)c1ccccc1)C2. The van der Waals surface area contributed by atoms with E-state index < -0.39 is 5.60 Å². The largest absolute Gasteiger partial charge is 0.380 e. The van der Waals surface area contributed by atoms with Gasteiger partial charge >= 0.3 is 0 Å². The van der Waals surface area contributed by atoms with Gasteiger partial charge in [0.1, 0.15) is 5.60 Å². The molecule has 3 heteroatoms. The average molecular weight is 337 g/mol. The van der Waals surface area contributed by atoms with Crippen LogP contribution < -0.4 is 0 Å². The summed E-state index contributed by atoms with van der Waals surface area (Å²) in [5, 5.41) is 11.8. The Bertz CT molecular complexity index is 634. The van der Waals surface area contributed by atoms with Crippen molar-refractivity contribution in [3.63, 3.8) is 0 Å². The van der Waals surface area contributed by atoms with Gasteiger partial charge in [0, 0.05) is 12.1 Å². The van der Waals surface area contributed by atoms with Crippen molar-refractivity contribution in [2.45, 2.75) is 36.9 Å². The van der Waals surface area contributed by atoms with Gasteiger partial charge in [0.25, 0.3) is 0 Å². The Hall–Kier alpha value is -1.68. The van der Waals surface area contributed by atoms with Gasteiger partial charge in [-0.25, -0.2) is 0 Å². The van der Waals surface area contributed by atoms with Crippen molar-refractivity contribution in [3.05, 3.63) is 71.8 Å². The second-order valence-corrected chi connectivity index (χ2v) is 7.64. The molecule has 0 aromatic heterocycles. The number of morpholine rings is 1. The van der Waals surface area contributed by atoms with Crippen molar-refractivity contribution in [3.8, 4) is 0 Å². The molecule has 4 rings (SSSR count). The molecule has 25 heavy (non-hydrogen) atoms. The zero-order valence-electron chi connectivity index (χ0n) is 14.8. The van der Waals surface area contributed by atoms with Crippen molar-refractivity contribution in [2.24, 2.45) is 5.92 Å². The topological polar surface area (TPSA) is 32.7 Å². The third-order valence-corrected chi connectivity index (χ3v) is 6.07. The van der Waals surface area contributed by atoms with Crippen LogP contribution in [0.3, 0.4) is 0 Å². The van der Waals surface area contributed by atoms with E-state index in [0.717, 1.165) is 43.6 Å². The summed E-state index contributed by atoms with van der Waals surface area (Å²) < 4.78 is 5.75. The number of hydrogen-bond donors (Lipinski definition) is 1. The van der Waals surface area contributed by atoms with Gasteiger partial charge in [0.2, 0.25) is 0 Å². The molecular weight excluding hydrogens is 310 g/mol. The summed E-state index contributed by atoms with van der Waals surface area (Å²) in [6.45, 7) is 1.64. The molecule has 0 radical (unpaired) electrons. The summed E-state index contributed by atoms with van der Waals surface area (Å²) in [5.74, 6) is 0.500. The molecule has 2 aliphatic rings. The molecule has 2 aromatic rings. The fraction of sp³-hybridized carbons (Fsp3) is 0.455. The number of piperidine rings is 1. The Morgan fingerprint density at radius 3 is 1.88 bits per heavy atom. The maximum atomic E-state index is 11.8. The van der Waals surface area contributed by atoms with Gasteiger partial charge in [-0.15, -0.1) is 0 Å². The molecule has 2 fully saturated rings. The van der Waals surface area contributed by atoms with Crippen molar-refractivity contribution < 1.29 is 9.84 Å². The van der Waals surface area contributed by atoms with Crippen molar-refractivity contribution in [1.82, 2.24) is 4.90 Å². The van der Waals surface area contributed by atoms with Crippen molar-refractivity contribution >= 4 is 0 Å². The highest BCUT2D eigenvalue weighted by Gasteiger charge is 2.41. The summed E-state index contributed by atoms with van der Waals surface area (Å²) in [7, 11) is 2.22. The number of likely N-dealkylation sites (N-methyl/N-ethyl adjacent to an activating group) is 1. The van der Waals surface area contributed by atoms with Crippen LogP contribution in [0, 0.1) is 5.92 Å². The molecule has 132 valence electrons. The number of fused-ring (bicyclic) bond motifs is 2. The maximum Gasteiger partial charge on any atom is 0.115 e. The lowest BCUT2D eigenvalue weighted by Crippen LogP contribution is -2.55. The van der Waals surface area contributed by atoms with Crippen LogP contribution in [0.5, 0.6) is 0 Å². The number of rotatable bonds is 4. The van der Waals surface area contributed by atoms with Crippen molar-refractivity contribution in [1.29, 1.82) is 0 Å². The standard InChI is InChI=1S/C22H27NO2/c1-23-20-12-17(13-21(23)16-25-15-20)14-22(24,18-8-4-2-5-9-18)19-10-6-3-7-11-19/h2-11,17,20-21,24H,12-16H2,1H3/t17?,20-,21+. The van der Waals surface area contributed by atoms with Crippen LogP contribution >= 0.6 is 0 Å². The summed E-state index contributed by atoms with van der Waals surface area (Å²) >= 11 is 0. The highest BCUT2D eigenvalue weighted by atomic mass is 16.5. The number of hydrogen-bond acceptors (Lipinski definition) is 3. The molecule has 2 aromatic carbocycles. The van der Waals surface area contributed by atoms with E-state index in [-0.39, 0.29) is 0 Å². The third-order valence-electron chi connectivity index (χ3n) is 6.07. The first kappa shape index (κ1) is 16.8. The Labute approximate surface area is 150 Å². The first-order valence-electron chi connectivity index (χ1n) is 9.30. The second-order valence-electron chi connectivity index (χ2n) is 7.64. The highest BCUT2D eigenvalue weighted by Crippen LogP contribution is 2.41. The van der Waals surface area contributed by atoms with Crippen LogP contribution in [-0.2, 0) is 10.3 Å². The third kappa shape index (κ3) is 3.24. The van der Waals surface area contributed by atoms with E-state index in [0.29, 0.717) is 18.0 Å². The number of nitrogens with zero attached hydrogens (tertiary/aromatic N) is 1. The second kappa shape index (κ2) is 6.91. The molecular formula is C22H27NO2. The Balaban J connectivity index is 1.64. The molecule has 2 aliphatic heterocycles. The van der Waals surface area contributed by atoms with Crippen LogP contribution in [0.25, 0.3) is 0 Å². The lowest BCUT2D eigenvalue weighted by atomic mass is 9.74. The van der Waals surface area contributed by atoms with Gasteiger partial charge in [-0.05, 0) is 43.4 Å². The number of ether oxygens (including phenoxy) is 1. The number of aliphatic hydroxyl groups is 1. The molecule has 2 saturated heterocycles. The zero-order chi connectivity index (χ0) is 17.3. The highest BCUT2D eigenvalue weighted by molar-refractivity contribution is 5.36. The molecule has 1 unspecified atom stereocenters. The van der Waals surface area contributed by atoms with Crippen LogP contribution in [-0.4, -0.2) is 42.4 Å². The van der Waals surface area contributed by atoms with Crippen molar-refractivity contribution in [2.75, 3.05) is 20.3 Å². The Morgan fingerprint density at radius 1 is 0.920 bits per heavy atom. The molecule has 0 saturated carbocycles. The summed E-state index contributed by atoms with van der Waals surface area (Å²) in [4.78, 5) is 2.48. The fourth-order valence-electron chi connectivity index (χ4n) is 4.62. The lowest BCUT2D eigenvalue weighted by Gasteiger charge is -2.48. The average Bonchev–Trinajstić information content (AvgIpc) is 2.64.